The van der Waals surface area contributed by atoms with Gasteiger partial charge in [-0.3, -0.25) is 4.57 Å². The van der Waals surface area contributed by atoms with Gasteiger partial charge in [-0.05, 0) is 42.8 Å². The molecule has 5 nitrogen and oxygen atoms in total. The third kappa shape index (κ3) is 1.65. The summed E-state index contributed by atoms with van der Waals surface area (Å²) in [4.78, 5) is 0. The first-order valence-corrected chi connectivity index (χ1v) is 6.93. The predicted molar refractivity (Wildman–Crippen MR) is 77.0 cm³/mol. The average molecular weight is 341 g/mol. The molecular weight excluding hydrogens is 327 g/mol. The van der Waals surface area contributed by atoms with E-state index in [2.05, 4.69) is 31.4 Å². The molecule has 7 heteroatoms. The lowest BCUT2D eigenvalue weighted by Crippen LogP contribution is -2.36. The molecule has 1 aliphatic rings. The number of benzene rings is 1. The summed E-state index contributed by atoms with van der Waals surface area (Å²) in [6.45, 7) is 5.70. The predicted octanol–water partition coefficient (Wildman–Crippen LogP) is 3.15. The zero-order valence-corrected chi connectivity index (χ0v) is 13.2. The van der Waals surface area contributed by atoms with Crippen LogP contribution in [0.4, 0.5) is 10.1 Å². The van der Waals surface area contributed by atoms with Crippen LogP contribution in [0, 0.1) is 12.7 Å². The SMILES string of the molecule is COc1c(Br)cc(F)c2c1-n1c(C)nnc1C(C)(C)N2. The number of nitrogens with one attached hydrogen (secondary N) is 1. The summed E-state index contributed by atoms with van der Waals surface area (Å²) in [5, 5.41) is 11.5. The molecule has 1 aromatic heterocycles. The van der Waals surface area contributed by atoms with Gasteiger partial charge in [0.2, 0.25) is 0 Å². The van der Waals surface area contributed by atoms with Crippen LogP contribution in [0.3, 0.4) is 0 Å². The molecule has 0 bridgehead atoms. The molecule has 0 aliphatic carbocycles. The minimum Gasteiger partial charge on any atom is -0.493 e. The molecule has 3 rings (SSSR count). The molecule has 2 aromatic rings. The Hall–Kier alpha value is -1.63. The highest BCUT2D eigenvalue weighted by Crippen LogP contribution is 2.45. The monoisotopic (exact) mass is 340 g/mol. The second-order valence-corrected chi connectivity index (χ2v) is 6.11. The van der Waals surface area contributed by atoms with Crippen LogP contribution >= 0.6 is 15.9 Å². The van der Waals surface area contributed by atoms with E-state index in [0.717, 1.165) is 5.82 Å². The van der Waals surface area contributed by atoms with Gasteiger partial charge in [0.25, 0.3) is 0 Å². The summed E-state index contributed by atoms with van der Waals surface area (Å²) in [6, 6.07) is 1.39. The van der Waals surface area contributed by atoms with Crippen LogP contribution in [-0.4, -0.2) is 21.9 Å². The number of hydrogen-bond donors (Lipinski definition) is 1. The van der Waals surface area contributed by atoms with Crippen LogP contribution in [0.2, 0.25) is 0 Å². The van der Waals surface area contributed by atoms with E-state index in [1.807, 2.05) is 25.3 Å². The highest BCUT2D eigenvalue weighted by Gasteiger charge is 2.37. The number of fused-ring (bicyclic) bond motifs is 3. The molecule has 1 aromatic carbocycles. The van der Waals surface area contributed by atoms with Crippen molar-refractivity contribution in [2.45, 2.75) is 26.3 Å². The molecule has 0 radical (unpaired) electrons. The van der Waals surface area contributed by atoms with E-state index in [1.165, 1.54) is 6.07 Å². The van der Waals surface area contributed by atoms with Crippen LogP contribution in [0.15, 0.2) is 10.5 Å². The third-order valence-corrected chi connectivity index (χ3v) is 4.00. The highest BCUT2D eigenvalue weighted by molar-refractivity contribution is 9.10. The van der Waals surface area contributed by atoms with Gasteiger partial charge in [0.15, 0.2) is 11.6 Å². The van der Waals surface area contributed by atoms with Crippen molar-refractivity contribution in [1.82, 2.24) is 14.8 Å². The Labute approximate surface area is 124 Å². The lowest BCUT2D eigenvalue weighted by atomic mass is 9.99. The fourth-order valence-corrected chi connectivity index (χ4v) is 3.07. The molecule has 1 aliphatic heterocycles. The summed E-state index contributed by atoms with van der Waals surface area (Å²) in [5.41, 5.74) is 0.468. The Morgan fingerprint density at radius 1 is 1.40 bits per heavy atom. The largest absolute Gasteiger partial charge is 0.493 e. The number of halogens is 2. The maximum absolute atomic E-state index is 14.3. The molecule has 1 N–H and O–H groups in total. The van der Waals surface area contributed by atoms with E-state index in [1.54, 1.807) is 7.11 Å². The molecule has 2 heterocycles. The summed E-state index contributed by atoms with van der Waals surface area (Å²) < 4.78 is 22.1. The highest BCUT2D eigenvalue weighted by atomic mass is 79.9. The van der Waals surface area contributed by atoms with Crippen LogP contribution in [0.1, 0.15) is 25.5 Å². The van der Waals surface area contributed by atoms with Gasteiger partial charge in [0.05, 0.1) is 22.8 Å². The molecule has 106 valence electrons. The molecule has 0 atom stereocenters. The van der Waals surface area contributed by atoms with Gasteiger partial charge >= 0.3 is 0 Å². The standard InChI is InChI=1S/C13H14BrFN4O/c1-6-17-18-12-13(2,3)16-9-8(15)5-7(14)11(20-4)10(9)19(6)12/h5,16H,1-4H3. The second kappa shape index (κ2) is 4.18. The smallest absolute Gasteiger partial charge is 0.162 e. The van der Waals surface area contributed by atoms with Gasteiger partial charge in [0.1, 0.15) is 17.3 Å². The first kappa shape index (κ1) is 13.4. The maximum atomic E-state index is 14.3. The van der Waals surface area contributed by atoms with Gasteiger partial charge < -0.3 is 10.1 Å². The lowest BCUT2D eigenvalue weighted by molar-refractivity contribution is 0.405. The fraction of sp³-hybridized carbons (Fsp3) is 0.385. The normalized spacial score (nSPS) is 15.3. The van der Waals surface area contributed by atoms with Gasteiger partial charge in [-0.1, -0.05) is 0 Å². The van der Waals surface area contributed by atoms with Crippen molar-refractivity contribution in [3.05, 3.63) is 28.0 Å². The van der Waals surface area contributed by atoms with Crippen molar-refractivity contribution in [1.29, 1.82) is 0 Å². The Morgan fingerprint density at radius 3 is 2.75 bits per heavy atom. The topological polar surface area (TPSA) is 52.0 Å². The number of aromatic nitrogens is 3. The quantitative estimate of drug-likeness (QED) is 0.866. The summed E-state index contributed by atoms with van der Waals surface area (Å²) in [5.74, 6) is 1.61. The van der Waals surface area contributed by atoms with E-state index in [4.69, 9.17) is 4.74 Å². The van der Waals surface area contributed by atoms with Crippen LogP contribution in [-0.2, 0) is 5.54 Å². The molecule has 0 saturated carbocycles. The first-order chi connectivity index (χ1) is 9.36. The van der Waals surface area contributed by atoms with Gasteiger partial charge in [-0.2, -0.15) is 0 Å². The number of nitrogens with zero attached hydrogens (tertiary/aromatic N) is 3. The second-order valence-electron chi connectivity index (χ2n) is 5.25. The Bertz CT molecular complexity index is 711. The zero-order valence-electron chi connectivity index (χ0n) is 11.6. The molecule has 0 fully saturated rings. The number of anilines is 1. The van der Waals surface area contributed by atoms with E-state index < -0.39 is 5.54 Å². The summed E-state index contributed by atoms with van der Waals surface area (Å²) in [6.07, 6.45) is 0. The molecule has 0 amide bonds. The van der Waals surface area contributed by atoms with Crippen molar-refractivity contribution >= 4 is 21.6 Å². The maximum Gasteiger partial charge on any atom is 0.162 e. The number of methoxy groups -OCH3 is 1. The third-order valence-electron chi connectivity index (χ3n) is 3.41. The Balaban J connectivity index is 2.44. The van der Waals surface area contributed by atoms with Crippen molar-refractivity contribution in [2.24, 2.45) is 0 Å². The molecule has 0 unspecified atom stereocenters. The Kier molecular flexibility index (Phi) is 2.79. The van der Waals surface area contributed by atoms with Crippen molar-refractivity contribution in [3.63, 3.8) is 0 Å². The van der Waals surface area contributed by atoms with E-state index in [-0.39, 0.29) is 5.82 Å². The average Bonchev–Trinajstić information content (AvgIpc) is 2.74. The number of hydrogen-bond acceptors (Lipinski definition) is 4. The van der Waals surface area contributed by atoms with Gasteiger partial charge in [-0.25, -0.2) is 4.39 Å². The van der Waals surface area contributed by atoms with E-state index >= 15 is 0 Å². The summed E-state index contributed by atoms with van der Waals surface area (Å²) in [7, 11) is 1.55. The van der Waals surface area contributed by atoms with Crippen LogP contribution in [0.5, 0.6) is 5.75 Å². The van der Waals surface area contributed by atoms with Gasteiger partial charge in [0, 0.05) is 0 Å². The molecule has 0 saturated heterocycles. The zero-order chi connectivity index (χ0) is 14.7. The lowest BCUT2D eigenvalue weighted by Gasteiger charge is -2.34. The van der Waals surface area contributed by atoms with Crippen molar-refractivity contribution in [3.8, 4) is 11.4 Å². The van der Waals surface area contributed by atoms with Crippen molar-refractivity contribution in [2.75, 3.05) is 12.4 Å². The number of rotatable bonds is 1. The van der Waals surface area contributed by atoms with E-state index in [9.17, 15) is 4.39 Å². The van der Waals surface area contributed by atoms with Crippen molar-refractivity contribution < 1.29 is 9.13 Å². The molecule has 20 heavy (non-hydrogen) atoms. The van der Waals surface area contributed by atoms with Crippen LogP contribution in [0.25, 0.3) is 5.69 Å². The van der Waals surface area contributed by atoms with Gasteiger partial charge in [-0.15, -0.1) is 10.2 Å². The molecule has 0 spiro atoms. The number of ether oxygens (including phenoxy) is 1. The van der Waals surface area contributed by atoms with E-state index in [0.29, 0.717) is 27.4 Å². The minimum absolute atomic E-state index is 0.348. The number of aryl methyl sites for hydroxylation is 1. The fourth-order valence-electron chi connectivity index (χ4n) is 2.52. The summed E-state index contributed by atoms with van der Waals surface area (Å²) >= 11 is 3.33. The minimum atomic E-state index is -0.520. The Morgan fingerprint density at radius 2 is 2.10 bits per heavy atom. The molecular formula is C13H14BrFN4O. The first-order valence-electron chi connectivity index (χ1n) is 6.14. The van der Waals surface area contributed by atoms with Crippen LogP contribution < -0.4 is 10.1 Å².